The molecule has 7 nitrogen and oxygen atoms in total. The van der Waals surface area contributed by atoms with Gasteiger partial charge in [0.05, 0.1) is 19.4 Å². The topological polar surface area (TPSA) is 80.0 Å². The van der Waals surface area contributed by atoms with Crippen LogP contribution in [0.2, 0.25) is 0 Å². The summed E-state index contributed by atoms with van der Waals surface area (Å²) in [4.78, 5) is 17.2. The first-order valence-corrected chi connectivity index (χ1v) is 5.66. The van der Waals surface area contributed by atoms with Crippen LogP contribution in [0, 0.1) is 0 Å². The van der Waals surface area contributed by atoms with Crippen LogP contribution in [0.4, 0.5) is 5.82 Å². The molecular weight excluding hydrogens is 236 g/mol. The molecule has 0 aromatic carbocycles. The standard InChI is InChI=1S/C11H12N4O3/c16-11(17)8-7-13-15-9(1-2-12-10(8)15)14-3-5-18-6-4-14/h1-2,7H,3-6H2,(H,16,17). The van der Waals surface area contributed by atoms with Crippen LogP contribution in [0.25, 0.3) is 5.65 Å². The van der Waals surface area contributed by atoms with Crippen LogP contribution in [0.3, 0.4) is 0 Å². The number of anilines is 1. The van der Waals surface area contributed by atoms with Gasteiger partial charge in [-0.25, -0.2) is 9.78 Å². The van der Waals surface area contributed by atoms with E-state index in [1.807, 2.05) is 6.07 Å². The number of carboxylic acid groups (broad SMARTS) is 1. The molecule has 1 fully saturated rings. The van der Waals surface area contributed by atoms with E-state index in [4.69, 9.17) is 9.84 Å². The van der Waals surface area contributed by atoms with Crippen molar-refractivity contribution in [1.29, 1.82) is 0 Å². The van der Waals surface area contributed by atoms with Crippen molar-refractivity contribution in [1.82, 2.24) is 14.6 Å². The van der Waals surface area contributed by atoms with Crippen LogP contribution in [0.1, 0.15) is 10.4 Å². The summed E-state index contributed by atoms with van der Waals surface area (Å²) in [5, 5.41) is 13.2. The summed E-state index contributed by atoms with van der Waals surface area (Å²) in [7, 11) is 0. The zero-order chi connectivity index (χ0) is 12.5. The summed E-state index contributed by atoms with van der Waals surface area (Å²) < 4.78 is 6.86. The van der Waals surface area contributed by atoms with Gasteiger partial charge in [-0.15, -0.1) is 0 Å². The molecule has 2 aromatic heterocycles. The van der Waals surface area contributed by atoms with Crippen LogP contribution in [-0.4, -0.2) is 52.0 Å². The highest BCUT2D eigenvalue weighted by molar-refractivity contribution is 5.94. The molecule has 1 N–H and O–H groups in total. The fourth-order valence-corrected chi connectivity index (χ4v) is 2.06. The summed E-state index contributed by atoms with van der Waals surface area (Å²) >= 11 is 0. The van der Waals surface area contributed by atoms with Gasteiger partial charge in [0.15, 0.2) is 5.65 Å². The maximum Gasteiger partial charge on any atom is 0.341 e. The van der Waals surface area contributed by atoms with E-state index in [0.29, 0.717) is 18.9 Å². The molecule has 3 heterocycles. The van der Waals surface area contributed by atoms with Gasteiger partial charge < -0.3 is 14.7 Å². The Morgan fingerprint density at radius 1 is 1.39 bits per heavy atom. The van der Waals surface area contributed by atoms with Gasteiger partial charge in [0.2, 0.25) is 0 Å². The highest BCUT2D eigenvalue weighted by atomic mass is 16.5. The second-order valence-corrected chi connectivity index (χ2v) is 4.00. The number of nitrogens with zero attached hydrogens (tertiary/aromatic N) is 4. The number of aromatic carboxylic acids is 1. The Morgan fingerprint density at radius 3 is 2.89 bits per heavy atom. The fourth-order valence-electron chi connectivity index (χ4n) is 2.06. The summed E-state index contributed by atoms with van der Waals surface area (Å²) in [6.07, 6.45) is 2.93. The lowest BCUT2D eigenvalue weighted by molar-refractivity contribution is 0.0698. The van der Waals surface area contributed by atoms with Crippen LogP contribution < -0.4 is 4.90 Å². The molecule has 1 saturated heterocycles. The number of hydrogen-bond donors (Lipinski definition) is 1. The molecule has 0 amide bonds. The third-order valence-corrected chi connectivity index (χ3v) is 2.95. The van der Waals surface area contributed by atoms with E-state index < -0.39 is 5.97 Å². The van der Waals surface area contributed by atoms with Crippen molar-refractivity contribution < 1.29 is 14.6 Å². The first-order chi connectivity index (χ1) is 8.77. The predicted molar refractivity (Wildman–Crippen MR) is 63.0 cm³/mol. The summed E-state index contributed by atoms with van der Waals surface area (Å²) in [5.41, 5.74) is 0.483. The Hall–Kier alpha value is -2.15. The highest BCUT2D eigenvalue weighted by Gasteiger charge is 2.18. The smallest absolute Gasteiger partial charge is 0.341 e. The zero-order valence-corrected chi connectivity index (χ0v) is 9.61. The summed E-state index contributed by atoms with van der Waals surface area (Å²) in [5.74, 6) is -0.174. The molecule has 0 radical (unpaired) electrons. The molecule has 0 aliphatic carbocycles. The molecule has 0 atom stereocenters. The average Bonchev–Trinajstić information content (AvgIpc) is 2.83. The number of carbonyl (C=O) groups is 1. The van der Waals surface area contributed by atoms with E-state index in [9.17, 15) is 4.79 Å². The number of morpholine rings is 1. The van der Waals surface area contributed by atoms with E-state index in [-0.39, 0.29) is 5.56 Å². The van der Waals surface area contributed by atoms with Gasteiger partial charge >= 0.3 is 5.97 Å². The van der Waals surface area contributed by atoms with E-state index >= 15 is 0 Å². The summed E-state index contributed by atoms with van der Waals surface area (Å²) in [6, 6.07) is 1.83. The SMILES string of the molecule is O=C(O)c1cnn2c(N3CCOCC3)ccnc12. The van der Waals surface area contributed by atoms with Crippen molar-refractivity contribution in [2.45, 2.75) is 0 Å². The molecule has 18 heavy (non-hydrogen) atoms. The van der Waals surface area contributed by atoms with Gasteiger partial charge in [0.25, 0.3) is 0 Å². The molecular formula is C11H12N4O3. The Bertz CT molecular complexity index is 589. The average molecular weight is 248 g/mol. The first-order valence-electron chi connectivity index (χ1n) is 5.66. The van der Waals surface area contributed by atoms with Gasteiger partial charge in [-0.05, 0) is 6.07 Å². The molecule has 0 saturated carbocycles. The first kappa shape index (κ1) is 11.0. The van der Waals surface area contributed by atoms with E-state index in [0.717, 1.165) is 18.9 Å². The minimum Gasteiger partial charge on any atom is -0.477 e. The van der Waals surface area contributed by atoms with Gasteiger partial charge in [-0.1, -0.05) is 0 Å². The zero-order valence-electron chi connectivity index (χ0n) is 9.61. The fraction of sp³-hybridized carbons (Fsp3) is 0.364. The van der Waals surface area contributed by atoms with E-state index in [1.165, 1.54) is 6.20 Å². The lowest BCUT2D eigenvalue weighted by Crippen LogP contribution is -2.37. The molecule has 7 heteroatoms. The number of aromatic nitrogens is 3. The van der Waals surface area contributed by atoms with Crippen molar-refractivity contribution in [2.75, 3.05) is 31.2 Å². The largest absolute Gasteiger partial charge is 0.477 e. The number of carboxylic acids is 1. The van der Waals surface area contributed by atoms with Crippen LogP contribution in [0.15, 0.2) is 18.5 Å². The van der Waals surface area contributed by atoms with E-state index in [2.05, 4.69) is 15.0 Å². The number of ether oxygens (including phenoxy) is 1. The number of fused-ring (bicyclic) bond motifs is 1. The van der Waals surface area contributed by atoms with E-state index in [1.54, 1.807) is 10.7 Å². The minimum absolute atomic E-state index is 0.116. The minimum atomic E-state index is -1.02. The molecule has 1 aliphatic rings. The van der Waals surface area contributed by atoms with Crippen molar-refractivity contribution in [3.8, 4) is 0 Å². The van der Waals surface area contributed by atoms with Crippen molar-refractivity contribution in [3.63, 3.8) is 0 Å². The molecule has 1 aliphatic heterocycles. The second-order valence-electron chi connectivity index (χ2n) is 4.00. The second kappa shape index (κ2) is 4.26. The maximum atomic E-state index is 11.0. The predicted octanol–water partition coefficient (Wildman–Crippen LogP) is 0.264. The lowest BCUT2D eigenvalue weighted by Gasteiger charge is -2.28. The number of hydrogen-bond acceptors (Lipinski definition) is 5. The van der Waals surface area contributed by atoms with Gasteiger partial charge in [0.1, 0.15) is 11.4 Å². The Balaban J connectivity index is 2.09. The normalized spacial score (nSPS) is 16.1. The van der Waals surface area contributed by atoms with Crippen LogP contribution in [0.5, 0.6) is 0 Å². The van der Waals surface area contributed by atoms with Crippen molar-refractivity contribution in [2.24, 2.45) is 0 Å². The third-order valence-electron chi connectivity index (χ3n) is 2.95. The Kier molecular flexibility index (Phi) is 2.60. The monoisotopic (exact) mass is 248 g/mol. The molecule has 0 bridgehead atoms. The Morgan fingerprint density at radius 2 is 2.17 bits per heavy atom. The molecule has 94 valence electrons. The molecule has 2 aromatic rings. The molecule has 0 spiro atoms. The van der Waals surface area contributed by atoms with Crippen molar-refractivity contribution in [3.05, 3.63) is 24.0 Å². The van der Waals surface area contributed by atoms with Gasteiger partial charge in [-0.3, -0.25) is 0 Å². The Labute approximate surface area is 103 Å². The third kappa shape index (κ3) is 1.68. The van der Waals surface area contributed by atoms with Crippen molar-refractivity contribution >= 4 is 17.4 Å². The van der Waals surface area contributed by atoms with Crippen LogP contribution in [-0.2, 0) is 4.74 Å². The van der Waals surface area contributed by atoms with Gasteiger partial charge in [-0.2, -0.15) is 9.61 Å². The van der Waals surface area contributed by atoms with Gasteiger partial charge in [0, 0.05) is 19.3 Å². The maximum absolute atomic E-state index is 11.0. The molecule has 0 unspecified atom stereocenters. The highest BCUT2D eigenvalue weighted by Crippen LogP contribution is 2.18. The van der Waals surface area contributed by atoms with Crippen LogP contribution >= 0.6 is 0 Å². The summed E-state index contributed by atoms with van der Waals surface area (Å²) in [6.45, 7) is 2.86. The molecule has 3 rings (SSSR count). The lowest BCUT2D eigenvalue weighted by atomic mass is 10.3. The quantitative estimate of drug-likeness (QED) is 0.821. The number of rotatable bonds is 2.